The maximum atomic E-state index is 2.40. The average molecular weight is 168 g/mol. The van der Waals surface area contributed by atoms with Crippen LogP contribution in [0.15, 0.2) is 0 Å². The molecule has 1 aliphatic carbocycles. The highest BCUT2D eigenvalue weighted by molar-refractivity contribution is 5.13. The molecule has 0 aliphatic heterocycles. The van der Waals surface area contributed by atoms with Gasteiger partial charge in [0, 0.05) is 0 Å². The molecule has 0 saturated heterocycles. The quantitative estimate of drug-likeness (QED) is 0.588. The van der Waals surface area contributed by atoms with Gasteiger partial charge in [0.1, 0.15) is 0 Å². The molecule has 0 N–H and O–H groups in total. The van der Waals surface area contributed by atoms with Crippen molar-refractivity contribution in [3.63, 3.8) is 0 Å². The molecule has 0 amide bonds. The van der Waals surface area contributed by atoms with E-state index in [-0.39, 0.29) is 0 Å². The first-order valence-corrected chi connectivity index (χ1v) is 5.58. The van der Waals surface area contributed by atoms with Crippen molar-refractivity contribution >= 4 is 0 Å². The van der Waals surface area contributed by atoms with E-state index in [0.717, 1.165) is 11.3 Å². The number of hydrogen-bond donors (Lipinski definition) is 0. The maximum absolute atomic E-state index is 2.40. The lowest BCUT2D eigenvalue weighted by Gasteiger charge is -2.26. The standard InChI is InChI=1S/C12H24/c1-6-11(7-2)9-12(11,8-3)10(4)5/h10H,6-9H2,1-5H3. The molecule has 12 heavy (non-hydrogen) atoms. The second-order valence-electron chi connectivity index (χ2n) is 4.83. The van der Waals surface area contributed by atoms with Gasteiger partial charge in [-0.2, -0.15) is 0 Å². The summed E-state index contributed by atoms with van der Waals surface area (Å²) in [6.07, 6.45) is 5.64. The third kappa shape index (κ3) is 1.03. The molecule has 72 valence electrons. The minimum absolute atomic E-state index is 0.705. The van der Waals surface area contributed by atoms with Crippen molar-refractivity contribution in [1.29, 1.82) is 0 Å². The Kier molecular flexibility index (Phi) is 2.56. The van der Waals surface area contributed by atoms with Crippen LogP contribution in [0.25, 0.3) is 0 Å². The van der Waals surface area contributed by atoms with Crippen LogP contribution in [0.3, 0.4) is 0 Å². The molecule has 0 spiro atoms. The molecule has 1 unspecified atom stereocenters. The Bertz CT molecular complexity index is 153. The van der Waals surface area contributed by atoms with Crippen LogP contribution in [0.2, 0.25) is 0 Å². The summed E-state index contributed by atoms with van der Waals surface area (Å²) in [5.41, 5.74) is 1.42. The van der Waals surface area contributed by atoms with E-state index in [4.69, 9.17) is 0 Å². The zero-order valence-electron chi connectivity index (χ0n) is 9.41. The second kappa shape index (κ2) is 3.05. The molecule has 0 radical (unpaired) electrons. The van der Waals surface area contributed by atoms with Crippen LogP contribution < -0.4 is 0 Å². The molecule has 1 saturated carbocycles. The van der Waals surface area contributed by atoms with E-state index in [9.17, 15) is 0 Å². The van der Waals surface area contributed by atoms with Crippen LogP contribution in [-0.4, -0.2) is 0 Å². The molecule has 0 aromatic rings. The van der Waals surface area contributed by atoms with Gasteiger partial charge >= 0.3 is 0 Å². The summed E-state index contributed by atoms with van der Waals surface area (Å²) < 4.78 is 0. The fraction of sp³-hybridized carbons (Fsp3) is 1.00. The molecule has 0 aromatic heterocycles. The predicted molar refractivity (Wildman–Crippen MR) is 55.2 cm³/mol. The zero-order valence-corrected chi connectivity index (χ0v) is 9.41. The van der Waals surface area contributed by atoms with Gasteiger partial charge in [-0.1, -0.05) is 34.6 Å². The first-order valence-electron chi connectivity index (χ1n) is 5.58. The van der Waals surface area contributed by atoms with Crippen LogP contribution in [0.4, 0.5) is 0 Å². The predicted octanol–water partition coefficient (Wildman–Crippen LogP) is 4.25. The van der Waals surface area contributed by atoms with Crippen LogP contribution >= 0.6 is 0 Å². The van der Waals surface area contributed by atoms with Crippen molar-refractivity contribution in [3.05, 3.63) is 0 Å². The van der Waals surface area contributed by atoms with Gasteiger partial charge in [0.2, 0.25) is 0 Å². The monoisotopic (exact) mass is 168 g/mol. The van der Waals surface area contributed by atoms with E-state index >= 15 is 0 Å². The molecular formula is C12H24. The van der Waals surface area contributed by atoms with Gasteiger partial charge in [-0.25, -0.2) is 0 Å². The minimum Gasteiger partial charge on any atom is -0.0648 e. The van der Waals surface area contributed by atoms with Gasteiger partial charge < -0.3 is 0 Å². The highest BCUT2D eigenvalue weighted by Gasteiger charge is 2.64. The molecule has 1 aliphatic rings. The van der Waals surface area contributed by atoms with Gasteiger partial charge in [0.05, 0.1) is 0 Å². The molecule has 0 nitrogen and oxygen atoms in total. The summed E-state index contributed by atoms with van der Waals surface area (Å²) in [4.78, 5) is 0. The van der Waals surface area contributed by atoms with Gasteiger partial charge in [-0.3, -0.25) is 0 Å². The fourth-order valence-electron chi connectivity index (χ4n) is 3.49. The van der Waals surface area contributed by atoms with Gasteiger partial charge in [0.15, 0.2) is 0 Å². The smallest absolute Gasteiger partial charge is 0.0215 e. The van der Waals surface area contributed by atoms with Crippen molar-refractivity contribution in [2.45, 2.75) is 60.3 Å². The molecule has 0 heterocycles. The molecule has 1 fully saturated rings. The lowest BCUT2D eigenvalue weighted by Crippen LogP contribution is -2.18. The van der Waals surface area contributed by atoms with Gasteiger partial charge in [-0.15, -0.1) is 0 Å². The first kappa shape index (κ1) is 10.1. The average Bonchev–Trinajstić information content (AvgIpc) is 2.75. The van der Waals surface area contributed by atoms with E-state index < -0.39 is 0 Å². The van der Waals surface area contributed by atoms with Crippen LogP contribution in [0, 0.1) is 16.7 Å². The van der Waals surface area contributed by atoms with Gasteiger partial charge in [0.25, 0.3) is 0 Å². The first-order chi connectivity index (χ1) is 5.58. The Morgan fingerprint density at radius 2 is 1.50 bits per heavy atom. The lowest BCUT2D eigenvalue weighted by molar-refractivity contribution is 0.230. The molecule has 0 heteroatoms. The topological polar surface area (TPSA) is 0 Å². The van der Waals surface area contributed by atoms with Crippen LogP contribution in [0.1, 0.15) is 60.3 Å². The summed E-state index contributed by atoms with van der Waals surface area (Å²) in [7, 11) is 0. The third-order valence-electron chi connectivity index (χ3n) is 4.67. The molecule has 1 atom stereocenters. The largest absolute Gasteiger partial charge is 0.0648 e. The van der Waals surface area contributed by atoms with Gasteiger partial charge in [-0.05, 0) is 42.4 Å². The van der Waals surface area contributed by atoms with E-state index in [2.05, 4.69) is 34.6 Å². The Labute approximate surface area is 77.7 Å². The fourth-order valence-corrected chi connectivity index (χ4v) is 3.49. The van der Waals surface area contributed by atoms with Crippen LogP contribution in [0.5, 0.6) is 0 Å². The SMILES string of the molecule is CCC1(CC)CC1(CC)C(C)C. The summed E-state index contributed by atoms with van der Waals surface area (Å²) >= 11 is 0. The minimum atomic E-state index is 0.705. The lowest BCUT2D eigenvalue weighted by atomic mass is 9.78. The van der Waals surface area contributed by atoms with Crippen LogP contribution in [-0.2, 0) is 0 Å². The Hall–Kier alpha value is 0. The summed E-state index contributed by atoms with van der Waals surface area (Å²) in [6, 6.07) is 0. The third-order valence-corrected chi connectivity index (χ3v) is 4.67. The highest BCUT2D eigenvalue weighted by Crippen LogP contribution is 2.72. The highest BCUT2D eigenvalue weighted by atomic mass is 14.7. The van der Waals surface area contributed by atoms with E-state index in [1.807, 2.05) is 0 Å². The molecule has 1 rings (SSSR count). The number of rotatable bonds is 4. The Balaban J connectivity index is 2.76. The van der Waals surface area contributed by atoms with Crippen molar-refractivity contribution in [2.24, 2.45) is 16.7 Å². The molecule has 0 aromatic carbocycles. The molecular weight excluding hydrogens is 144 g/mol. The Morgan fingerprint density at radius 3 is 1.58 bits per heavy atom. The normalized spacial score (nSPS) is 32.5. The van der Waals surface area contributed by atoms with E-state index in [1.54, 1.807) is 0 Å². The zero-order chi connectivity index (χ0) is 9.41. The summed E-state index contributed by atoms with van der Waals surface area (Å²) in [5.74, 6) is 0.877. The van der Waals surface area contributed by atoms with Crippen molar-refractivity contribution in [1.82, 2.24) is 0 Å². The second-order valence-corrected chi connectivity index (χ2v) is 4.83. The van der Waals surface area contributed by atoms with Crippen molar-refractivity contribution in [2.75, 3.05) is 0 Å². The summed E-state index contributed by atoms with van der Waals surface area (Å²) in [6.45, 7) is 11.9. The number of hydrogen-bond acceptors (Lipinski definition) is 0. The van der Waals surface area contributed by atoms with Crippen molar-refractivity contribution in [3.8, 4) is 0 Å². The van der Waals surface area contributed by atoms with E-state index in [0.29, 0.717) is 5.41 Å². The summed E-state index contributed by atoms with van der Waals surface area (Å²) in [5, 5.41) is 0. The molecule has 0 bridgehead atoms. The Morgan fingerprint density at radius 1 is 1.00 bits per heavy atom. The van der Waals surface area contributed by atoms with Crippen molar-refractivity contribution < 1.29 is 0 Å². The van der Waals surface area contributed by atoms with E-state index in [1.165, 1.54) is 25.7 Å². The maximum Gasteiger partial charge on any atom is -0.0215 e.